The molecule has 2 rings (SSSR count). The van der Waals surface area contributed by atoms with Crippen LogP contribution >= 0.6 is 11.6 Å². The summed E-state index contributed by atoms with van der Waals surface area (Å²) >= 11 is 5.86. The van der Waals surface area contributed by atoms with Crippen molar-refractivity contribution in [3.63, 3.8) is 0 Å². The zero-order valence-electron chi connectivity index (χ0n) is 13.9. The van der Waals surface area contributed by atoms with E-state index in [0.717, 1.165) is 18.2 Å². The van der Waals surface area contributed by atoms with E-state index in [1.807, 2.05) is 0 Å². The molecule has 12 nitrogen and oxygen atoms in total. The minimum absolute atomic E-state index is 0.0904. The number of halogens is 1. The van der Waals surface area contributed by atoms with Gasteiger partial charge >= 0.3 is 11.4 Å². The second kappa shape index (κ2) is 7.70. The minimum Gasteiger partial charge on any atom is -0.494 e. The average Bonchev–Trinajstić information content (AvgIpc) is 2.59. The number of hydrazine groups is 1. The molecule has 0 aromatic heterocycles. The minimum atomic E-state index is -0.869. The predicted octanol–water partition coefficient (Wildman–Crippen LogP) is 3.82. The highest BCUT2D eigenvalue weighted by Crippen LogP contribution is 2.37. The van der Waals surface area contributed by atoms with Crippen molar-refractivity contribution in [3.8, 4) is 5.75 Å². The summed E-state index contributed by atoms with van der Waals surface area (Å²) in [6.45, 7) is 1.51. The highest BCUT2D eigenvalue weighted by atomic mass is 35.5. The van der Waals surface area contributed by atoms with Gasteiger partial charge in [0.15, 0.2) is 5.75 Å². The van der Waals surface area contributed by atoms with Crippen LogP contribution in [0.15, 0.2) is 24.3 Å². The topological polar surface area (TPSA) is 163 Å². The smallest absolute Gasteiger partial charge is 0.348 e. The maximum atomic E-state index is 11.1. The lowest BCUT2D eigenvalue weighted by molar-refractivity contribution is -0.422. The van der Waals surface area contributed by atoms with E-state index in [2.05, 4.69) is 10.9 Å². The van der Waals surface area contributed by atoms with E-state index in [4.69, 9.17) is 16.3 Å². The van der Waals surface area contributed by atoms with Crippen LogP contribution in [0.1, 0.15) is 5.56 Å². The van der Waals surface area contributed by atoms with Gasteiger partial charge in [-0.15, -0.1) is 0 Å². The molecular weight excluding hydrogens is 386 g/mol. The predicted molar refractivity (Wildman–Crippen MR) is 96.4 cm³/mol. The average molecular weight is 398 g/mol. The summed E-state index contributed by atoms with van der Waals surface area (Å²) in [5.41, 5.74) is 4.39. The first-order valence-electron chi connectivity index (χ1n) is 7.13. The number of methoxy groups -OCH3 is 1. The van der Waals surface area contributed by atoms with Crippen molar-refractivity contribution in [2.24, 2.45) is 0 Å². The molecule has 0 aliphatic carbocycles. The van der Waals surface area contributed by atoms with Gasteiger partial charge in [-0.3, -0.25) is 35.8 Å². The molecule has 142 valence electrons. The van der Waals surface area contributed by atoms with Gasteiger partial charge in [-0.1, -0.05) is 11.6 Å². The van der Waals surface area contributed by atoms with Gasteiger partial charge in [0.05, 0.1) is 39.3 Å². The molecule has 27 heavy (non-hydrogen) atoms. The Kier molecular flexibility index (Phi) is 5.60. The number of nitro benzene ring substituents is 3. The van der Waals surface area contributed by atoms with E-state index in [1.165, 1.54) is 20.1 Å². The molecule has 13 heteroatoms. The third-order valence-electron chi connectivity index (χ3n) is 3.51. The molecule has 0 bridgehead atoms. The molecule has 2 N–H and O–H groups in total. The maximum Gasteiger partial charge on any atom is 0.348 e. The Morgan fingerprint density at radius 2 is 1.37 bits per heavy atom. The van der Waals surface area contributed by atoms with Crippen LogP contribution in [0.4, 0.5) is 28.4 Å². The maximum absolute atomic E-state index is 11.1. The lowest BCUT2D eigenvalue weighted by atomic mass is 10.1. The van der Waals surface area contributed by atoms with Crippen LogP contribution in [0.2, 0.25) is 5.02 Å². The highest BCUT2D eigenvalue weighted by Gasteiger charge is 2.26. The summed E-state index contributed by atoms with van der Waals surface area (Å²) in [6, 6.07) is 4.40. The second-order valence-corrected chi connectivity index (χ2v) is 5.59. The lowest BCUT2D eigenvalue weighted by Gasteiger charge is -2.15. The Bertz CT molecular complexity index is 950. The lowest BCUT2D eigenvalue weighted by Crippen LogP contribution is -2.12. The van der Waals surface area contributed by atoms with Crippen molar-refractivity contribution in [2.45, 2.75) is 6.92 Å². The van der Waals surface area contributed by atoms with E-state index in [1.54, 1.807) is 0 Å². The Morgan fingerprint density at radius 1 is 0.852 bits per heavy atom. The fourth-order valence-electron chi connectivity index (χ4n) is 2.19. The fourth-order valence-corrected chi connectivity index (χ4v) is 2.42. The highest BCUT2D eigenvalue weighted by molar-refractivity contribution is 6.33. The van der Waals surface area contributed by atoms with Gasteiger partial charge in [0.25, 0.3) is 5.69 Å². The molecule has 0 spiro atoms. The first-order valence-corrected chi connectivity index (χ1v) is 7.50. The third kappa shape index (κ3) is 4.12. The molecule has 2 aromatic rings. The normalized spacial score (nSPS) is 10.2. The van der Waals surface area contributed by atoms with E-state index in [9.17, 15) is 30.3 Å². The van der Waals surface area contributed by atoms with Gasteiger partial charge in [-0.2, -0.15) is 0 Å². The fraction of sp³-hybridized carbons (Fsp3) is 0.143. The van der Waals surface area contributed by atoms with Crippen LogP contribution in [0, 0.1) is 37.3 Å². The first kappa shape index (κ1) is 19.7. The van der Waals surface area contributed by atoms with Crippen LogP contribution < -0.4 is 15.6 Å². The van der Waals surface area contributed by atoms with Crippen LogP contribution in [0.5, 0.6) is 5.75 Å². The molecule has 0 unspecified atom stereocenters. The zero-order valence-corrected chi connectivity index (χ0v) is 14.6. The van der Waals surface area contributed by atoms with Crippen molar-refractivity contribution < 1.29 is 19.5 Å². The summed E-state index contributed by atoms with van der Waals surface area (Å²) in [7, 11) is 1.29. The van der Waals surface area contributed by atoms with E-state index < -0.39 is 26.1 Å². The Morgan fingerprint density at radius 3 is 1.89 bits per heavy atom. The quantitative estimate of drug-likeness (QED) is 0.521. The Hall–Kier alpha value is -3.67. The van der Waals surface area contributed by atoms with Crippen molar-refractivity contribution in [1.82, 2.24) is 0 Å². The molecule has 0 amide bonds. The first-order chi connectivity index (χ1) is 12.6. The zero-order chi connectivity index (χ0) is 20.3. The molecule has 0 aliphatic heterocycles. The van der Waals surface area contributed by atoms with Gasteiger partial charge in [0.2, 0.25) is 0 Å². The van der Waals surface area contributed by atoms with Gasteiger partial charge in [-0.05, 0) is 18.6 Å². The molecule has 0 saturated heterocycles. The summed E-state index contributed by atoms with van der Waals surface area (Å²) in [5, 5.41) is 32.8. The number of nitrogens with zero attached hydrogens (tertiary/aromatic N) is 3. The number of rotatable bonds is 7. The van der Waals surface area contributed by atoms with Crippen molar-refractivity contribution in [3.05, 3.63) is 65.2 Å². The molecule has 0 heterocycles. The standard InChI is InChI=1S/C14H12ClN5O7/c1-7-3-12(19(23)24)13(20(25)26)5-9(7)16-17-10-4-8(15)11(18(21)22)6-14(10)27-2/h3-6,16-17H,1-2H3. The number of hydrogen-bond acceptors (Lipinski definition) is 9. The Balaban J connectivity index is 2.38. The van der Waals surface area contributed by atoms with Gasteiger partial charge < -0.3 is 10.2 Å². The summed E-state index contributed by atoms with van der Waals surface area (Å²) in [6.07, 6.45) is 0. The number of nitrogens with one attached hydrogen (secondary N) is 2. The number of anilines is 2. The molecule has 0 atom stereocenters. The van der Waals surface area contributed by atoms with Gasteiger partial charge in [0.1, 0.15) is 5.02 Å². The molecule has 0 saturated carbocycles. The molecular formula is C14H12ClN5O7. The molecule has 0 fully saturated rings. The molecule has 0 aliphatic rings. The van der Waals surface area contributed by atoms with Crippen LogP contribution in [-0.2, 0) is 0 Å². The van der Waals surface area contributed by atoms with Crippen LogP contribution in [0.25, 0.3) is 0 Å². The third-order valence-corrected chi connectivity index (χ3v) is 3.82. The number of ether oxygens (including phenoxy) is 1. The largest absolute Gasteiger partial charge is 0.494 e. The van der Waals surface area contributed by atoms with Crippen molar-refractivity contribution >= 4 is 40.0 Å². The van der Waals surface area contributed by atoms with E-state index in [-0.39, 0.29) is 27.8 Å². The summed E-state index contributed by atoms with van der Waals surface area (Å²) in [4.78, 5) is 30.6. The summed E-state index contributed by atoms with van der Waals surface area (Å²) in [5.74, 6) is 0.0904. The molecule has 0 radical (unpaired) electrons. The van der Waals surface area contributed by atoms with Gasteiger partial charge in [0, 0.05) is 12.1 Å². The van der Waals surface area contributed by atoms with Crippen LogP contribution in [0.3, 0.4) is 0 Å². The Labute approximate surface area is 156 Å². The number of benzene rings is 2. The van der Waals surface area contributed by atoms with Crippen molar-refractivity contribution in [1.29, 1.82) is 0 Å². The van der Waals surface area contributed by atoms with Crippen molar-refractivity contribution in [2.75, 3.05) is 18.0 Å². The van der Waals surface area contributed by atoms with E-state index >= 15 is 0 Å². The van der Waals surface area contributed by atoms with E-state index in [0.29, 0.717) is 5.56 Å². The number of nitro groups is 3. The molecule has 2 aromatic carbocycles. The SMILES string of the molecule is COc1cc([N+](=O)[O-])c(Cl)cc1NNc1cc([N+](=O)[O-])c([N+](=O)[O-])cc1C. The van der Waals surface area contributed by atoms with Crippen LogP contribution in [-0.4, -0.2) is 21.9 Å². The second-order valence-electron chi connectivity index (χ2n) is 5.18. The monoisotopic (exact) mass is 397 g/mol. The number of hydrogen-bond donors (Lipinski definition) is 2. The number of aryl methyl sites for hydroxylation is 1. The summed E-state index contributed by atoms with van der Waals surface area (Å²) < 4.78 is 5.06. The van der Waals surface area contributed by atoms with Gasteiger partial charge in [-0.25, -0.2) is 0 Å².